The molecule has 3 heteroatoms. The van der Waals surface area contributed by atoms with E-state index in [1.54, 1.807) is 30.3 Å². The minimum Gasteiger partial charge on any atom is -0.206 e. The molecule has 0 aromatic heterocycles. The van der Waals surface area contributed by atoms with E-state index in [-0.39, 0.29) is 5.82 Å². The third kappa shape index (κ3) is 2.14. The number of halogens is 3. The van der Waals surface area contributed by atoms with Crippen LogP contribution >= 0.6 is 23.2 Å². The fourth-order valence-electron chi connectivity index (χ4n) is 1.34. The fourth-order valence-corrected chi connectivity index (χ4v) is 1.72. The zero-order valence-corrected chi connectivity index (χ0v) is 9.11. The lowest BCUT2D eigenvalue weighted by molar-refractivity contribution is 0.631. The Morgan fingerprint density at radius 3 is 2.53 bits per heavy atom. The average Bonchev–Trinajstić information content (AvgIpc) is 2.20. The van der Waals surface area contributed by atoms with Gasteiger partial charge < -0.3 is 0 Å². The first-order chi connectivity index (χ1) is 7.18. The topological polar surface area (TPSA) is 0 Å². The molecule has 15 heavy (non-hydrogen) atoms. The molecular weight excluding hydrogens is 234 g/mol. The van der Waals surface area contributed by atoms with Gasteiger partial charge in [-0.3, -0.25) is 0 Å². The second-order valence-corrected chi connectivity index (χ2v) is 3.87. The summed E-state index contributed by atoms with van der Waals surface area (Å²) in [4.78, 5) is 0. The summed E-state index contributed by atoms with van der Waals surface area (Å²) in [6.45, 7) is 0. The first-order valence-electron chi connectivity index (χ1n) is 4.29. The second kappa shape index (κ2) is 4.21. The van der Waals surface area contributed by atoms with E-state index < -0.39 is 0 Å². The summed E-state index contributed by atoms with van der Waals surface area (Å²) in [5.41, 5.74) is 1.09. The Kier molecular flexibility index (Phi) is 2.94. The predicted octanol–water partition coefficient (Wildman–Crippen LogP) is 4.60. The summed E-state index contributed by atoms with van der Waals surface area (Å²) in [7, 11) is 0. The highest BCUT2D eigenvalue weighted by Gasteiger charge is 2.08. The van der Waals surface area contributed by atoms with E-state index >= 15 is 0 Å². The molecule has 0 amide bonds. The van der Waals surface area contributed by atoms with Crippen LogP contribution in [0.1, 0.15) is 0 Å². The van der Waals surface area contributed by atoms with E-state index in [0.29, 0.717) is 21.2 Å². The van der Waals surface area contributed by atoms with Crippen molar-refractivity contribution in [1.29, 1.82) is 0 Å². The molecule has 0 aliphatic heterocycles. The molecule has 0 N–H and O–H groups in total. The van der Waals surface area contributed by atoms with Gasteiger partial charge in [0.15, 0.2) is 0 Å². The standard InChI is InChI=1S/C12H6Cl2F/c13-8-5-6-10(12(15)7-8)9-3-1-2-4-11(9)14/h1,3-7H. The molecule has 0 fully saturated rings. The maximum Gasteiger partial charge on any atom is 0.132 e. The number of hydrogen-bond donors (Lipinski definition) is 0. The number of rotatable bonds is 1. The van der Waals surface area contributed by atoms with Crippen molar-refractivity contribution in [1.82, 2.24) is 0 Å². The van der Waals surface area contributed by atoms with Gasteiger partial charge in [-0.2, -0.15) is 0 Å². The molecule has 0 spiro atoms. The van der Waals surface area contributed by atoms with Gasteiger partial charge >= 0.3 is 0 Å². The molecule has 0 atom stereocenters. The van der Waals surface area contributed by atoms with E-state index in [1.807, 2.05) is 0 Å². The number of benzene rings is 2. The van der Waals surface area contributed by atoms with Gasteiger partial charge in [-0.05, 0) is 30.3 Å². The molecule has 2 rings (SSSR count). The Hall–Kier alpha value is -1.05. The molecule has 2 aromatic rings. The summed E-state index contributed by atoms with van der Waals surface area (Å²) in [5.74, 6) is -0.379. The lowest BCUT2D eigenvalue weighted by Gasteiger charge is -2.05. The summed E-state index contributed by atoms with van der Waals surface area (Å²) >= 11 is 11.6. The summed E-state index contributed by atoms with van der Waals surface area (Å²) < 4.78 is 13.6. The normalized spacial score (nSPS) is 10.3. The highest BCUT2D eigenvalue weighted by Crippen LogP contribution is 2.30. The van der Waals surface area contributed by atoms with Crippen LogP contribution in [0.25, 0.3) is 11.1 Å². The van der Waals surface area contributed by atoms with Crippen molar-refractivity contribution in [2.45, 2.75) is 0 Å². The minimum atomic E-state index is -0.379. The molecule has 0 bridgehead atoms. The second-order valence-electron chi connectivity index (χ2n) is 3.03. The van der Waals surface area contributed by atoms with Crippen molar-refractivity contribution in [2.24, 2.45) is 0 Å². The van der Waals surface area contributed by atoms with Gasteiger partial charge in [0.1, 0.15) is 5.82 Å². The third-order valence-electron chi connectivity index (χ3n) is 2.03. The molecule has 0 saturated heterocycles. The monoisotopic (exact) mass is 239 g/mol. The quantitative estimate of drug-likeness (QED) is 0.683. The van der Waals surface area contributed by atoms with Crippen LogP contribution in [0, 0.1) is 11.9 Å². The van der Waals surface area contributed by atoms with E-state index in [4.69, 9.17) is 23.2 Å². The van der Waals surface area contributed by atoms with Crippen molar-refractivity contribution in [3.8, 4) is 11.1 Å². The zero-order chi connectivity index (χ0) is 10.8. The lowest BCUT2D eigenvalue weighted by Crippen LogP contribution is -1.85. The van der Waals surface area contributed by atoms with E-state index in [2.05, 4.69) is 6.07 Å². The van der Waals surface area contributed by atoms with Gasteiger partial charge in [0.2, 0.25) is 0 Å². The highest BCUT2D eigenvalue weighted by atomic mass is 35.5. The van der Waals surface area contributed by atoms with Crippen LogP contribution in [-0.2, 0) is 0 Å². The SMILES string of the molecule is Fc1cc(Cl)ccc1-c1cc[c]cc1Cl. The summed E-state index contributed by atoms with van der Waals surface area (Å²) in [6, 6.07) is 12.3. The van der Waals surface area contributed by atoms with Gasteiger partial charge in [-0.1, -0.05) is 35.3 Å². The average molecular weight is 240 g/mol. The maximum absolute atomic E-state index is 13.6. The van der Waals surface area contributed by atoms with Crippen LogP contribution in [0.15, 0.2) is 36.4 Å². The Morgan fingerprint density at radius 2 is 1.87 bits per heavy atom. The van der Waals surface area contributed by atoms with Crippen LogP contribution in [0.4, 0.5) is 4.39 Å². The Morgan fingerprint density at radius 1 is 1.07 bits per heavy atom. The van der Waals surface area contributed by atoms with Crippen LogP contribution in [0.5, 0.6) is 0 Å². The van der Waals surface area contributed by atoms with Crippen molar-refractivity contribution < 1.29 is 4.39 Å². The Bertz CT molecular complexity index is 495. The molecule has 2 aromatic carbocycles. The highest BCUT2D eigenvalue weighted by molar-refractivity contribution is 6.33. The molecule has 0 aliphatic rings. The molecule has 0 nitrogen and oxygen atoms in total. The van der Waals surface area contributed by atoms with Crippen molar-refractivity contribution >= 4 is 23.2 Å². The summed E-state index contributed by atoms with van der Waals surface area (Å²) in [5, 5.41) is 0.841. The molecular formula is C12H6Cl2F. The minimum absolute atomic E-state index is 0.370. The van der Waals surface area contributed by atoms with Crippen molar-refractivity contribution in [2.75, 3.05) is 0 Å². The van der Waals surface area contributed by atoms with Crippen molar-refractivity contribution in [3.05, 3.63) is 58.3 Å². The van der Waals surface area contributed by atoms with E-state index in [9.17, 15) is 4.39 Å². The number of hydrogen-bond acceptors (Lipinski definition) is 0. The first kappa shape index (κ1) is 10.5. The van der Waals surface area contributed by atoms with Gasteiger partial charge in [0.05, 0.1) is 0 Å². The predicted molar refractivity (Wildman–Crippen MR) is 60.7 cm³/mol. The fraction of sp³-hybridized carbons (Fsp3) is 0. The molecule has 1 radical (unpaired) electrons. The molecule has 75 valence electrons. The smallest absolute Gasteiger partial charge is 0.132 e. The van der Waals surface area contributed by atoms with Gasteiger partial charge in [-0.15, -0.1) is 0 Å². The van der Waals surface area contributed by atoms with Crippen LogP contribution in [0.2, 0.25) is 10.0 Å². The van der Waals surface area contributed by atoms with E-state index in [0.717, 1.165) is 0 Å². The Labute approximate surface area is 97.3 Å². The molecule has 0 aliphatic carbocycles. The van der Waals surface area contributed by atoms with Crippen LogP contribution in [-0.4, -0.2) is 0 Å². The van der Waals surface area contributed by atoms with Gasteiger partial charge in [0, 0.05) is 21.2 Å². The van der Waals surface area contributed by atoms with Crippen LogP contribution < -0.4 is 0 Å². The van der Waals surface area contributed by atoms with E-state index in [1.165, 1.54) is 6.07 Å². The summed E-state index contributed by atoms with van der Waals surface area (Å²) in [6.07, 6.45) is 0. The molecule has 0 heterocycles. The van der Waals surface area contributed by atoms with Crippen molar-refractivity contribution in [3.63, 3.8) is 0 Å². The Balaban J connectivity index is 2.60. The largest absolute Gasteiger partial charge is 0.206 e. The molecule has 0 unspecified atom stereocenters. The third-order valence-corrected chi connectivity index (χ3v) is 2.58. The molecule has 0 saturated carbocycles. The maximum atomic E-state index is 13.6. The zero-order valence-electron chi connectivity index (χ0n) is 7.60. The van der Waals surface area contributed by atoms with Gasteiger partial charge in [-0.25, -0.2) is 4.39 Å². The first-order valence-corrected chi connectivity index (χ1v) is 5.05. The van der Waals surface area contributed by atoms with Crippen LogP contribution in [0.3, 0.4) is 0 Å². The lowest BCUT2D eigenvalue weighted by atomic mass is 10.1. The van der Waals surface area contributed by atoms with Gasteiger partial charge in [0.25, 0.3) is 0 Å².